The van der Waals surface area contributed by atoms with Gasteiger partial charge in [0, 0.05) is 71.3 Å². The first-order valence-corrected chi connectivity index (χ1v) is 22.9. The average molecular weight is 888 g/mol. The van der Waals surface area contributed by atoms with Gasteiger partial charge >= 0.3 is 0 Å². The first-order chi connectivity index (χ1) is 33.6. The lowest BCUT2D eigenvalue weighted by Crippen LogP contribution is -2.10. The molecule has 9 nitrogen and oxygen atoms in total. The number of hydrogen-bond acceptors (Lipinski definition) is 8. The Morgan fingerprint density at radius 1 is 0.691 bits per heavy atom. The van der Waals surface area contributed by atoms with Gasteiger partial charge in [-0.3, -0.25) is 4.57 Å². The summed E-state index contributed by atoms with van der Waals surface area (Å²) in [6, 6.07) is 59.5. The minimum absolute atomic E-state index is 0.479. The van der Waals surface area contributed by atoms with E-state index in [0.29, 0.717) is 36.7 Å². The van der Waals surface area contributed by atoms with Crippen LogP contribution in [0.1, 0.15) is 25.6 Å². The fraction of sp³-hybridized carbons (Fsp3) is 0.0847. The highest BCUT2D eigenvalue weighted by Gasteiger charge is 2.21. The number of furan rings is 1. The van der Waals surface area contributed by atoms with Gasteiger partial charge in [-0.15, -0.1) is 0 Å². The van der Waals surface area contributed by atoms with E-state index < -0.39 is 0 Å². The number of hydrogen-bond donors (Lipinski definition) is 1. The lowest BCUT2D eigenvalue weighted by atomic mass is 10.0. The molecule has 0 bridgehead atoms. The van der Waals surface area contributed by atoms with Crippen LogP contribution in [0.5, 0.6) is 0 Å². The van der Waals surface area contributed by atoms with Crippen LogP contribution < -0.4 is 10.2 Å². The molecule has 1 N–H and O–H groups in total. The number of ether oxygens (including phenoxy) is 1. The van der Waals surface area contributed by atoms with Gasteiger partial charge < -0.3 is 19.4 Å². The normalized spacial score (nSPS) is 12.0. The van der Waals surface area contributed by atoms with Gasteiger partial charge in [-0.25, -0.2) is 19.9 Å². The van der Waals surface area contributed by atoms with Crippen molar-refractivity contribution in [3.63, 3.8) is 0 Å². The second kappa shape index (κ2) is 19.7. The molecule has 332 valence electrons. The predicted molar refractivity (Wildman–Crippen MR) is 278 cm³/mol. The van der Waals surface area contributed by atoms with Gasteiger partial charge in [0.15, 0.2) is 11.6 Å². The number of rotatable bonds is 16. The molecule has 0 fully saturated rings. The summed E-state index contributed by atoms with van der Waals surface area (Å²) in [5.74, 6) is 4.17. The predicted octanol–water partition coefficient (Wildman–Crippen LogP) is 14.8. The first kappa shape index (κ1) is 43.1. The number of fused-ring (bicyclic) bond motifs is 4. The van der Waals surface area contributed by atoms with E-state index in [1.165, 1.54) is 0 Å². The van der Waals surface area contributed by atoms with Crippen LogP contribution in [0.25, 0.3) is 72.8 Å². The molecule has 0 unspecified atom stereocenters. The summed E-state index contributed by atoms with van der Waals surface area (Å²) in [6.07, 6.45) is 11.5. The highest BCUT2D eigenvalue weighted by Crippen LogP contribution is 2.39. The monoisotopic (exact) mass is 887 g/mol. The molecule has 68 heavy (non-hydrogen) atoms. The number of para-hydroxylation sites is 6. The Balaban J connectivity index is 1.05. The van der Waals surface area contributed by atoms with E-state index in [4.69, 9.17) is 29.1 Å². The third kappa shape index (κ3) is 8.93. The molecule has 3 aromatic heterocycles. The molecule has 0 saturated heterocycles. The number of anilines is 3. The summed E-state index contributed by atoms with van der Waals surface area (Å²) in [6.45, 7) is 6.01. The van der Waals surface area contributed by atoms with Crippen LogP contribution in [-0.4, -0.2) is 31.6 Å². The molecule has 7 aromatic carbocycles. The Labute approximate surface area is 395 Å². The molecule has 0 amide bonds. The van der Waals surface area contributed by atoms with E-state index in [1.807, 2.05) is 116 Å². The Kier molecular flexibility index (Phi) is 12.5. The summed E-state index contributed by atoms with van der Waals surface area (Å²) in [7, 11) is 1.94. The van der Waals surface area contributed by atoms with E-state index >= 15 is 0 Å². The molecular formula is C59H49N7O2. The van der Waals surface area contributed by atoms with Crippen molar-refractivity contribution in [3.8, 4) is 39.9 Å². The van der Waals surface area contributed by atoms with Crippen molar-refractivity contribution in [2.75, 3.05) is 17.3 Å². The summed E-state index contributed by atoms with van der Waals surface area (Å²) in [5.41, 5.74) is 10.2. The van der Waals surface area contributed by atoms with Gasteiger partial charge in [0.1, 0.15) is 34.3 Å². The number of allylic oxidation sites excluding steroid dienone is 6. The molecule has 0 aliphatic rings. The molecule has 9 heteroatoms. The molecule has 0 aliphatic carbocycles. The number of nitrogens with zero attached hydrogens (tertiary/aromatic N) is 6. The molecule has 0 spiro atoms. The van der Waals surface area contributed by atoms with E-state index in [1.54, 1.807) is 6.08 Å². The molecule has 0 atom stereocenters. The molecule has 0 radical (unpaired) electrons. The van der Waals surface area contributed by atoms with Crippen molar-refractivity contribution < 1.29 is 9.15 Å². The molecule has 10 aromatic rings. The molecular weight excluding hydrogens is 839 g/mol. The van der Waals surface area contributed by atoms with Crippen LogP contribution in [0.2, 0.25) is 0 Å². The third-order valence-electron chi connectivity index (χ3n) is 11.8. The van der Waals surface area contributed by atoms with E-state index in [0.717, 1.165) is 89.8 Å². The summed E-state index contributed by atoms with van der Waals surface area (Å²) < 4.78 is 15.4. The maximum atomic E-state index is 6.61. The van der Waals surface area contributed by atoms with Gasteiger partial charge in [-0.1, -0.05) is 123 Å². The van der Waals surface area contributed by atoms with Crippen LogP contribution >= 0.6 is 0 Å². The topological polar surface area (TPSA) is 94.1 Å². The maximum absolute atomic E-state index is 6.61. The van der Waals surface area contributed by atoms with Crippen molar-refractivity contribution in [3.05, 3.63) is 230 Å². The SMILES string of the molecule is C=C/C=C(\CC)O/C(=C/C=C\N(c1ccccc1)c1ccccc1NC)CCc1nc(-c2ccccc2)nc(-c2cccc3oc4ccc(-c5nc6ccccc6n5-c5ccccc5)cc4c23)n1. The quantitative estimate of drug-likeness (QED) is 0.0757. The number of benzene rings is 7. The largest absolute Gasteiger partial charge is 0.466 e. The van der Waals surface area contributed by atoms with Gasteiger partial charge in [-0.05, 0) is 91.0 Å². The molecule has 10 rings (SSSR count). The number of aryl methyl sites for hydroxylation is 1. The van der Waals surface area contributed by atoms with Crippen LogP contribution in [-0.2, 0) is 11.2 Å². The highest BCUT2D eigenvalue weighted by atomic mass is 16.5. The first-order valence-electron chi connectivity index (χ1n) is 22.9. The second-order valence-electron chi connectivity index (χ2n) is 16.1. The average Bonchev–Trinajstić information content (AvgIpc) is 3.98. The van der Waals surface area contributed by atoms with E-state index in [9.17, 15) is 0 Å². The minimum atomic E-state index is 0.479. The smallest absolute Gasteiger partial charge is 0.164 e. The standard InChI is InChI=1S/C59H49N7O2/c1-4-21-45(5-2)67-46(28-20-39-65(43-24-11-7-12-25-43)51-32-17-15-30-49(51)60-3)36-38-55-62-57(41-22-9-6-10-23-41)64-58(63-55)47-29-19-34-54-56(47)48-40-42(35-37-53(48)68-54)59-61-50-31-16-18-33-52(50)66(59)44-26-13-8-14-27-44/h4,6-35,37,39-40,60H,1,5,36,38H2,2-3H3/b39-20-,45-21+,46-28+. The van der Waals surface area contributed by atoms with Crippen LogP contribution in [0.4, 0.5) is 17.1 Å². The number of imidazole rings is 1. The van der Waals surface area contributed by atoms with Gasteiger partial charge in [0.2, 0.25) is 0 Å². The van der Waals surface area contributed by atoms with Crippen LogP contribution in [0, 0.1) is 0 Å². The number of aromatic nitrogens is 5. The Bertz CT molecular complexity index is 3480. The summed E-state index contributed by atoms with van der Waals surface area (Å²) in [5, 5.41) is 5.20. The fourth-order valence-electron chi connectivity index (χ4n) is 8.53. The second-order valence-corrected chi connectivity index (χ2v) is 16.1. The van der Waals surface area contributed by atoms with Gasteiger partial charge in [0.25, 0.3) is 0 Å². The van der Waals surface area contributed by atoms with E-state index in [-0.39, 0.29) is 0 Å². The van der Waals surface area contributed by atoms with Crippen molar-refractivity contribution in [1.82, 2.24) is 24.5 Å². The molecule has 3 heterocycles. The maximum Gasteiger partial charge on any atom is 0.164 e. The Morgan fingerprint density at radius 2 is 1.43 bits per heavy atom. The van der Waals surface area contributed by atoms with Crippen LogP contribution in [0.3, 0.4) is 0 Å². The van der Waals surface area contributed by atoms with E-state index in [2.05, 4.69) is 119 Å². The number of nitrogens with one attached hydrogen (secondary N) is 1. The lowest BCUT2D eigenvalue weighted by molar-refractivity contribution is 0.280. The minimum Gasteiger partial charge on any atom is -0.466 e. The third-order valence-corrected chi connectivity index (χ3v) is 11.8. The van der Waals surface area contributed by atoms with Gasteiger partial charge in [0.05, 0.1) is 22.4 Å². The highest BCUT2D eigenvalue weighted by molar-refractivity contribution is 6.12. The lowest BCUT2D eigenvalue weighted by Gasteiger charge is -2.23. The van der Waals surface area contributed by atoms with Gasteiger partial charge in [-0.2, -0.15) is 0 Å². The summed E-state index contributed by atoms with van der Waals surface area (Å²) in [4.78, 5) is 22.8. The van der Waals surface area contributed by atoms with Crippen molar-refractivity contribution >= 4 is 50.0 Å². The zero-order valence-electron chi connectivity index (χ0n) is 38.0. The van der Waals surface area contributed by atoms with Crippen LogP contribution in [0.15, 0.2) is 229 Å². The zero-order chi connectivity index (χ0) is 46.2. The Morgan fingerprint density at radius 3 is 2.22 bits per heavy atom. The Hall–Kier alpha value is -8.82. The van der Waals surface area contributed by atoms with Crippen molar-refractivity contribution in [2.45, 2.75) is 26.2 Å². The molecule has 0 saturated carbocycles. The fourth-order valence-corrected chi connectivity index (χ4v) is 8.53. The molecule has 0 aliphatic heterocycles. The zero-order valence-corrected chi connectivity index (χ0v) is 38.0. The van der Waals surface area contributed by atoms with Crippen molar-refractivity contribution in [1.29, 1.82) is 0 Å². The van der Waals surface area contributed by atoms with Crippen molar-refractivity contribution in [2.24, 2.45) is 0 Å². The summed E-state index contributed by atoms with van der Waals surface area (Å²) >= 11 is 0.